The Hall–Kier alpha value is -1.56. The van der Waals surface area contributed by atoms with Gasteiger partial charge in [-0.05, 0) is 42.2 Å². The van der Waals surface area contributed by atoms with Crippen LogP contribution in [0.4, 0.5) is 0 Å². The number of benzene rings is 1. The van der Waals surface area contributed by atoms with Crippen molar-refractivity contribution >= 4 is 52.5 Å². The van der Waals surface area contributed by atoms with E-state index in [1.54, 1.807) is 30.0 Å². The van der Waals surface area contributed by atoms with Crippen LogP contribution in [0.2, 0.25) is 4.34 Å². The van der Waals surface area contributed by atoms with E-state index in [0.29, 0.717) is 9.21 Å². The third-order valence-electron chi connectivity index (χ3n) is 2.72. The van der Waals surface area contributed by atoms with Gasteiger partial charge in [-0.1, -0.05) is 23.7 Å². The molecule has 0 bridgehead atoms. The quantitative estimate of drug-likeness (QED) is 0.331. The van der Waals surface area contributed by atoms with Gasteiger partial charge in [0.2, 0.25) is 5.78 Å². The number of thioether (sulfide) groups is 1. The van der Waals surface area contributed by atoms with Gasteiger partial charge in [-0.2, -0.15) is 0 Å². The second-order valence-corrected chi connectivity index (χ2v) is 6.84. The van der Waals surface area contributed by atoms with Crippen molar-refractivity contribution in [3.05, 3.63) is 57.3 Å². The number of thiophene rings is 1. The topological polar surface area (TPSA) is 43.4 Å². The Kier molecular flexibility index (Phi) is 6.24. The molecule has 114 valence electrons. The normalized spacial score (nSPS) is 10.8. The van der Waals surface area contributed by atoms with Crippen LogP contribution < -0.4 is 0 Å². The van der Waals surface area contributed by atoms with Crippen LogP contribution in [0, 0.1) is 0 Å². The lowest BCUT2D eigenvalue weighted by atomic mass is 10.2. The monoisotopic (exact) mass is 352 g/mol. The summed E-state index contributed by atoms with van der Waals surface area (Å²) in [6.45, 7) is -0.286. The summed E-state index contributed by atoms with van der Waals surface area (Å²) in [4.78, 5) is 25.0. The van der Waals surface area contributed by atoms with Crippen LogP contribution in [0.25, 0.3) is 6.08 Å². The molecule has 0 saturated carbocycles. The summed E-state index contributed by atoms with van der Waals surface area (Å²) in [5.74, 6) is -0.812. The summed E-state index contributed by atoms with van der Waals surface area (Å²) in [7, 11) is 0. The number of rotatable bonds is 6. The first kappa shape index (κ1) is 16.8. The standard InChI is InChI=1S/C16H13ClO3S2/c1-21-12-5-2-11(3-6-12)4-9-16(19)20-10-13(18)14-7-8-15(17)22-14/h2-9H,10H2,1H3. The molecule has 0 saturated heterocycles. The molecule has 0 aliphatic carbocycles. The van der Waals surface area contributed by atoms with E-state index >= 15 is 0 Å². The number of hydrogen-bond acceptors (Lipinski definition) is 5. The van der Waals surface area contributed by atoms with Gasteiger partial charge in [0.05, 0.1) is 9.21 Å². The zero-order valence-corrected chi connectivity index (χ0v) is 14.1. The first-order chi connectivity index (χ1) is 10.6. The van der Waals surface area contributed by atoms with Crippen LogP contribution in [0.3, 0.4) is 0 Å². The fourth-order valence-corrected chi connectivity index (χ4v) is 2.97. The van der Waals surface area contributed by atoms with Crippen molar-refractivity contribution in [1.29, 1.82) is 0 Å². The molecule has 0 fully saturated rings. The van der Waals surface area contributed by atoms with Gasteiger partial charge < -0.3 is 4.74 Å². The van der Waals surface area contributed by atoms with E-state index in [2.05, 4.69) is 0 Å². The Balaban J connectivity index is 1.84. The fraction of sp³-hybridized carbons (Fsp3) is 0.125. The molecule has 1 aromatic heterocycles. The summed E-state index contributed by atoms with van der Waals surface area (Å²) >= 11 is 8.57. The largest absolute Gasteiger partial charge is 0.454 e. The lowest BCUT2D eigenvalue weighted by Crippen LogP contribution is -2.11. The number of carbonyl (C=O) groups is 2. The Morgan fingerprint density at radius 3 is 2.55 bits per heavy atom. The van der Waals surface area contributed by atoms with E-state index in [1.165, 1.54) is 17.4 Å². The minimum absolute atomic E-state index is 0.261. The molecule has 0 radical (unpaired) electrons. The summed E-state index contributed by atoms with van der Waals surface area (Å²) in [5.41, 5.74) is 0.895. The Morgan fingerprint density at radius 1 is 1.23 bits per heavy atom. The van der Waals surface area contributed by atoms with Crippen LogP contribution in [0.1, 0.15) is 15.2 Å². The summed E-state index contributed by atoms with van der Waals surface area (Å²) in [5, 5.41) is 0. The smallest absolute Gasteiger partial charge is 0.331 e. The van der Waals surface area contributed by atoms with Gasteiger partial charge >= 0.3 is 5.97 Å². The lowest BCUT2D eigenvalue weighted by Gasteiger charge is -2.00. The molecule has 0 N–H and O–H groups in total. The van der Waals surface area contributed by atoms with Gasteiger partial charge in [0.25, 0.3) is 0 Å². The second-order valence-electron chi connectivity index (χ2n) is 4.24. The zero-order valence-electron chi connectivity index (χ0n) is 11.7. The number of ether oxygens (including phenoxy) is 1. The molecule has 0 spiro atoms. The number of hydrogen-bond donors (Lipinski definition) is 0. The van der Waals surface area contributed by atoms with Gasteiger partial charge in [0, 0.05) is 11.0 Å². The predicted molar refractivity (Wildman–Crippen MR) is 91.9 cm³/mol. The van der Waals surface area contributed by atoms with Crippen molar-refractivity contribution < 1.29 is 14.3 Å². The maximum absolute atomic E-state index is 11.8. The third-order valence-corrected chi connectivity index (χ3v) is 4.74. The summed E-state index contributed by atoms with van der Waals surface area (Å²) in [6.07, 6.45) is 4.96. The number of halogens is 1. The van der Waals surface area contributed by atoms with Gasteiger partial charge in [0.15, 0.2) is 6.61 Å². The van der Waals surface area contributed by atoms with Gasteiger partial charge in [-0.15, -0.1) is 23.1 Å². The molecule has 3 nitrogen and oxygen atoms in total. The van der Waals surface area contributed by atoms with E-state index in [-0.39, 0.29) is 12.4 Å². The third kappa shape index (κ3) is 5.02. The highest BCUT2D eigenvalue weighted by molar-refractivity contribution is 7.98. The molecule has 6 heteroatoms. The summed E-state index contributed by atoms with van der Waals surface area (Å²) < 4.78 is 5.45. The fourth-order valence-electron chi connectivity index (χ4n) is 1.60. The van der Waals surface area contributed by atoms with Crippen molar-refractivity contribution in [3.8, 4) is 0 Å². The highest BCUT2D eigenvalue weighted by Crippen LogP contribution is 2.21. The number of Topliss-reactive ketones (excluding diaryl/α,β-unsaturated/α-hetero) is 1. The van der Waals surface area contributed by atoms with E-state index in [0.717, 1.165) is 10.5 Å². The predicted octanol–water partition coefficient (Wildman–Crippen LogP) is 4.56. The van der Waals surface area contributed by atoms with Crippen molar-refractivity contribution in [1.82, 2.24) is 0 Å². The van der Waals surface area contributed by atoms with Crippen LogP contribution in [-0.4, -0.2) is 24.6 Å². The lowest BCUT2D eigenvalue weighted by molar-refractivity contribution is -0.136. The van der Waals surface area contributed by atoms with Crippen LogP contribution in [-0.2, 0) is 9.53 Å². The highest BCUT2D eigenvalue weighted by atomic mass is 35.5. The Bertz CT molecular complexity index is 690. The molecule has 0 aliphatic heterocycles. The number of esters is 1. The average molecular weight is 353 g/mol. The molecule has 1 aromatic carbocycles. The van der Waals surface area contributed by atoms with E-state index in [9.17, 15) is 9.59 Å². The molecule has 2 aromatic rings. The second kappa shape index (κ2) is 8.17. The number of carbonyl (C=O) groups excluding carboxylic acids is 2. The van der Waals surface area contributed by atoms with Crippen LogP contribution in [0.15, 0.2) is 47.4 Å². The van der Waals surface area contributed by atoms with Crippen molar-refractivity contribution in [2.45, 2.75) is 4.90 Å². The maximum Gasteiger partial charge on any atom is 0.331 e. The van der Waals surface area contributed by atoms with Crippen molar-refractivity contribution in [3.63, 3.8) is 0 Å². The Labute approximate surface area is 141 Å². The van der Waals surface area contributed by atoms with Crippen molar-refractivity contribution in [2.75, 3.05) is 12.9 Å². The minimum atomic E-state index is -0.551. The number of ketones is 1. The molecule has 1 heterocycles. The molecule has 2 rings (SSSR count). The average Bonchev–Trinajstić information content (AvgIpc) is 2.97. The van der Waals surface area contributed by atoms with E-state index in [4.69, 9.17) is 16.3 Å². The molecule has 0 aliphatic rings. The molecule has 22 heavy (non-hydrogen) atoms. The van der Waals surface area contributed by atoms with E-state index < -0.39 is 5.97 Å². The maximum atomic E-state index is 11.8. The van der Waals surface area contributed by atoms with Crippen LogP contribution in [0.5, 0.6) is 0 Å². The van der Waals surface area contributed by atoms with Gasteiger partial charge in [0.1, 0.15) is 0 Å². The highest BCUT2D eigenvalue weighted by Gasteiger charge is 2.10. The molecule has 0 amide bonds. The van der Waals surface area contributed by atoms with Crippen LogP contribution >= 0.6 is 34.7 Å². The zero-order chi connectivity index (χ0) is 15.9. The molecular weight excluding hydrogens is 340 g/mol. The van der Waals surface area contributed by atoms with Gasteiger partial charge in [-0.25, -0.2) is 4.79 Å². The minimum Gasteiger partial charge on any atom is -0.454 e. The van der Waals surface area contributed by atoms with Crippen molar-refractivity contribution in [2.24, 2.45) is 0 Å². The van der Waals surface area contributed by atoms with Gasteiger partial charge in [-0.3, -0.25) is 4.79 Å². The first-order valence-electron chi connectivity index (χ1n) is 6.36. The first-order valence-corrected chi connectivity index (χ1v) is 8.78. The molecular formula is C16H13ClO3S2. The summed E-state index contributed by atoms with van der Waals surface area (Å²) in [6, 6.07) is 11.0. The Morgan fingerprint density at radius 2 is 1.95 bits per heavy atom. The molecule has 0 unspecified atom stereocenters. The SMILES string of the molecule is CSc1ccc(C=CC(=O)OCC(=O)c2ccc(Cl)s2)cc1. The van der Waals surface area contributed by atoms with E-state index in [1.807, 2.05) is 30.5 Å². The molecule has 0 atom stereocenters.